The average Bonchev–Trinajstić information content (AvgIpc) is 4.12. The van der Waals surface area contributed by atoms with E-state index in [1.54, 1.807) is 28.8 Å². The molecule has 14 heteroatoms. The van der Waals surface area contributed by atoms with Gasteiger partial charge < -0.3 is 34.3 Å². The van der Waals surface area contributed by atoms with Crippen LogP contribution in [0, 0.1) is 45.0 Å². The normalized spacial score (nSPS) is 14.7. The highest BCUT2D eigenvalue weighted by atomic mass is 32.1. The molecule has 0 saturated carbocycles. The van der Waals surface area contributed by atoms with E-state index in [0.29, 0.717) is 25.9 Å². The number of aryl methyl sites for hydroxylation is 4. The highest BCUT2D eigenvalue weighted by Gasteiger charge is 2.42. The molecular formula is C50H56N8O5S. The van der Waals surface area contributed by atoms with Gasteiger partial charge in [0.05, 0.1) is 40.7 Å². The van der Waals surface area contributed by atoms with Crippen molar-refractivity contribution in [2.45, 2.75) is 86.4 Å². The fraction of sp³-hybridized carbons (Fsp3) is 0.360. The molecule has 1 aliphatic rings. The molecule has 0 spiro atoms. The number of carbonyl (C=O) groups is 3. The fourth-order valence-electron chi connectivity index (χ4n) is 8.08. The van der Waals surface area contributed by atoms with Crippen molar-refractivity contribution in [2.75, 3.05) is 31.2 Å². The minimum atomic E-state index is -0.874. The number of anilines is 2. The maximum absolute atomic E-state index is 14.2. The Balaban J connectivity index is 0.968. The van der Waals surface area contributed by atoms with Gasteiger partial charge in [-0.3, -0.25) is 14.4 Å². The van der Waals surface area contributed by atoms with Gasteiger partial charge in [-0.25, -0.2) is 9.97 Å². The summed E-state index contributed by atoms with van der Waals surface area (Å²) in [5.41, 5.74) is 11.0. The van der Waals surface area contributed by atoms with Crippen molar-refractivity contribution in [1.82, 2.24) is 35.2 Å². The van der Waals surface area contributed by atoms with Crippen LogP contribution in [-0.2, 0) is 19.1 Å². The minimum absolute atomic E-state index is 0.00717. The third kappa shape index (κ3) is 10.4. The topological polar surface area (TPSA) is 148 Å². The second-order valence-electron chi connectivity index (χ2n) is 17.3. The molecule has 4 heterocycles. The van der Waals surface area contributed by atoms with Crippen molar-refractivity contribution in [1.29, 1.82) is 0 Å². The SMILES string of the molecule is Cc1ccc(-c2c(C)noc2C)cc1N(CC#CCOCC(=O)N[C@H](C(=O)N1CCC[C@H]1C(=O)N[C@@H](C)c1ccc(-c2scnc2C)cc1)C(C)(C)C)c1ccc(-n2ccnc2)cc1. The minimum Gasteiger partial charge on any atom is -0.361 e. The molecule has 0 unspecified atom stereocenters. The van der Waals surface area contributed by atoms with E-state index in [0.717, 1.165) is 66.9 Å². The van der Waals surface area contributed by atoms with Crippen molar-refractivity contribution in [3.63, 3.8) is 0 Å². The zero-order chi connectivity index (χ0) is 45.5. The molecule has 3 aromatic heterocycles. The van der Waals surface area contributed by atoms with Gasteiger partial charge in [-0.05, 0) is 105 Å². The summed E-state index contributed by atoms with van der Waals surface area (Å²) in [4.78, 5) is 54.6. The molecule has 64 heavy (non-hydrogen) atoms. The zero-order valence-electron chi connectivity index (χ0n) is 37.8. The summed E-state index contributed by atoms with van der Waals surface area (Å²) in [6, 6.07) is 20.8. The lowest BCUT2D eigenvalue weighted by molar-refractivity contribution is -0.144. The maximum Gasteiger partial charge on any atom is 0.246 e. The first-order chi connectivity index (χ1) is 30.7. The molecule has 2 N–H and O–H groups in total. The van der Waals surface area contributed by atoms with E-state index in [9.17, 15) is 14.4 Å². The predicted molar refractivity (Wildman–Crippen MR) is 250 cm³/mol. The molecule has 332 valence electrons. The molecule has 1 aliphatic heterocycles. The summed E-state index contributed by atoms with van der Waals surface area (Å²) < 4.78 is 13.2. The van der Waals surface area contributed by atoms with Crippen LogP contribution in [0.2, 0.25) is 0 Å². The zero-order valence-corrected chi connectivity index (χ0v) is 38.6. The van der Waals surface area contributed by atoms with Crippen molar-refractivity contribution in [3.8, 4) is 39.1 Å². The number of imidazole rings is 1. The summed E-state index contributed by atoms with van der Waals surface area (Å²) in [6.07, 6.45) is 6.63. The molecule has 1 fully saturated rings. The number of benzene rings is 3. The second-order valence-corrected chi connectivity index (χ2v) is 18.1. The number of nitrogens with zero attached hydrogens (tertiary/aromatic N) is 6. The summed E-state index contributed by atoms with van der Waals surface area (Å²) in [5, 5.41) is 10.2. The number of carbonyl (C=O) groups excluding carboxylic acids is 3. The molecule has 7 rings (SSSR count). The van der Waals surface area contributed by atoms with Gasteiger partial charge in [-0.2, -0.15) is 0 Å². The Hall–Kier alpha value is -6.56. The van der Waals surface area contributed by atoms with Crippen LogP contribution in [0.4, 0.5) is 11.4 Å². The number of hydrogen-bond donors (Lipinski definition) is 2. The van der Waals surface area contributed by atoms with Crippen LogP contribution in [0.15, 0.2) is 95.5 Å². The molecule has 3 amide bonds. The van der Waals surface area contributed by atoms with Crippen LogP contribution in [0.3, 0.4) is 0 Å². The Kier molecular flexibility index (Phi) is 14.1. The number of aromatic nitrogens is 4. The molecule has 0 bridgehead atoms. The lowest BCUT2D eigenvalue weighted by Gasteiger charge is -2.35. The average molecular weight is 881 g/mol. The van der Waals surface area contributed by atoms with Crippen LogP contribution in [0.1, 0.15) is 74.9 Å². The standard InChI is InChI=1S/C50H56N8O5S/c1-32-13-14-39(45-34(3)55-63-36(45)5)28-43(32)57(41-21-19-40(20-22-41)56-26-23-51-30-56)24-9-10-27-62-29-44(59)54-47(50(6,7)8)49(61)58-25-11-12-42(58)48(60)53-33(2)37-15-17-38(18-16-37)46-35(4)52-31-64-46/h13-23,26,28,30-31,33,42,47H,11-12,24-25,27,29H2,1-8H3,(H,53,60)(H,54,59)/t33-,42-,47+/m0/s1. The van der Waals surface area contributed by atoms with Gasteiger partial charge in [-0.15, -0.1) is 11.3 Å². The number of hydrogen-bond acceptors (Lipinski definition) is 10. The summed E-state index contributed by atoms with van der Waals surface area (Å²) in [5.74, 6) is 6.13. The number of rotatable bonds is 14. The van der Waals surface area contributed by atoms with Gasteiger partial charge in [0.15, 0.2) is 0 Å². The molecule has 3 atom stereocenters. The highest BCUT2D eigenvalue weighted by Crippen LogP contribution is 2.36. The van der Waals surface area contributed by atoms with Crippen molar-refractivity contribution < 1.29 is 23.6 Å². The summed E-state index contributed by atoms with van der Waals surface area (Å²) >= 11 is 1.60. The number of amides is 3. The van der Waals surface area contributed by atoms with Crippen molar-refractivity contribution in [3.05, 3.63) is 119 Å². The largest absolute Gasteiger partial charge is 0.361 e. The number of nitrogens with one attached hydrogen (secondary N) is 2. The van der Waals surface area contributed by atoms with Crippen molar-refractivity contribution >= 4 is 40.4 Å². The molecule has 0 aliphatic carbocycles. The van der Waals surface area contributed by atoms with E-state index in [1.165, 1.54) is 0 Å². The highest BCUT2D eigenvalue weighted by molar-refractivity contribution is 7.13. The Morgan fingerprint density at radius 3 is 2.38 bits per heavy atom. The van der Waals surface area contributed by atoms with Crippen LogP contribution >= 0.6 is 11.3 Å². The third-order valence-corrected chi connectivity index (χ3v) is 12.6. The van der Waals surface area contributed by atoms with Gasteiger partial charge in [0.25, 0.3) is 0 Å². The lowest BCUT2D eigenvalue weighted by Crippen LogP contribution is -2.58. The van der Waals surface area contributed by atoms with E-state index in [1.807, 2.05) is 101 Å². The quantitative estimate of drug-likeness (QED) is 0.0813. The van der Waals surface area contributed by atoms with E-state index in [-0.39, 0.29) is 31.1 Å². The first kappa shape index (κ1) is 45.5. The van der Waals surface area contributed by atoms with Gasteiger partial charge in [-0.1, -0.05) is 74.2 Å². The predicted octanol–water partition coefficient (Wildman–Crippen LogP) is 8.44. The molecule has 0 radical (unpaired) electrons. The molecule has 6 aromatic rings. The Labute approximate surface area is 379 Å². The van der Waals surface area contributed by atoms with E-state index >= 15 is 0 Å². The van der Waals surface area contributed by atoms with E-state index < -0.39 is 23.4 Å². The van der Waals surface area contributed by atoms with Crippen molar-refractivity contribution in [2.24, 2.45) is 5.41 Å². The third-order valence-electron chi connectivity index (χ3n) is 11.6. The Morgan fingerprint density at radius 1 is 0.969 bits per heavy atom. The molecule has 1 saturated heterocycles. The monoisotopic (exact) mass is 880 g/mol. The van der Waals surface area contributed by atoms with Crippen LogP contribution < -0.4 is 15.5 Å². The maximum atomic E-state index is 14.2. The van der Waals surface area contributed by atoms with E-state index in [2.05, 4.69) is 79.8 Å². The molecule has 13 nitrogen and oxygen atoms in total. The number of thiazole rings is 1. The van der Waals surface area contributed by atoms with Crippen LogP contribution in [0.5, 0.6) is 0 Å². The molecular weight excluding hydrogens is 825 g/mol. The van der Waals surface area contributed by atoms with Gasteiger partial charge in [0.2, 0.25) is 17.7 Å². The first-order valence-corrected chi connectivity index (χ1v) is 22.4. The summed E-state index contributed by atoms with van der Waals surface area (Å²) in [6.45, 7) is 16.0. The number of ether oxygens (including phenoxy) is 1. The molecule has 3 aromatic carbocycles. The van der Waals surface area contributed by atoms with E-state index in [4.69, 9.17) is 9.26 Å². The number of likely N-dealkylation sites (tertiary alicyclic amines) is 1. The van der Waals surface area contributed by atoms with Gasteiger partial charge >= 0.3 is 0 Å². The smallest absolute Gasteiger partial charge is 0.246 e. The lowest BCUT2D eigenvalue weighted by atomic mass is 9.85. The Bertz CT molecular complexity index is 2610. The fourth-order valence-corrected chi connectivity index (χ4v) is 8.89. The van der Waals surface area contributed by atoms with Crippen LogP contribution in [0.25, 0.3) is 27.3 Å². The van der Waals surface area contributed by atoms with Gasteiger partial charge in [0.1, 0.15) is 31.1 Å². The second kappa shape index (κ2) is 19.9. The van der Waals surface area contributed by atoms with Crippen LogP contribution in [-0.4, -0.2) is 80.7 Å². The Morgan fingerprint density at radius 2 is 1.72 bits per heavy atom. The first-order valence-electron chi connectivity index (χ1n) is 21.5. The van der Waals surface area contributed by atoms with Gasteiger partial charge in [0, 0.05) is 41.6 Å². The summed E-state index contributed by atoms with van der Waals surface area (Å²) in [7, 11) is 0.